The summed E-state index contributed by atoms with van der Waals surface area (Å²) >= 11 is 3.60. The highest BCUT2D eigenvalue weighted by Gasteiger charge is 2.18. The molecule has 2 aliphatic heterocycles. The van der Waals surface area contributed by atoms with Crippen molar-refractivity contribution in [3.63, 3.8) is 0 Å². The van der Waals surface area contributed by atoms with E-state index in [4.69, 9.17) is 9.47 Å². The number of benzene rings is 1. The van der Waals surface area contributed by atoms with Crippen molar-refractivity contribution in [3.05, 3.63) is 22.2 Å². The first kappa shape index (κ1) is 11.3. The largest absolute Gasteiger partial charge is 0.454 e. The van der Waals surface area contributed by atoms with Gasteiger partial charge in [0.05, 0.1) is 0 Å². The molecule has 5 heteroatoms. The van der Waals surface area contributed by atoms with E-state index < -0.39 is 0 Å². The van der Waals surface area contributed by atoms with Crippen molar-refractivity contribution >= 4 is 15.9 Å². The summed E-state index contributed by atoms with van der Waals surface area (Å²) in [5.74, 6) is 1.69. The van der Waals surface area contributed by atoms with Gasteiger partial charge in [-0.15, -0.1) is 0 Å². The van der Waals surface area contributed by atoms with Gasteiger partial charge in [0.15, 0.2) is 11.5 Å². The van der Waals surface area contributed by atoms with Gasteiger partial charge in [-0.1, -0.05) is 15.9 Å². The maximum atomic E-state index is 5.41. The summed E-state index contributed by atoms with van der Waals surface area (Å²) in [7, 11) is 0. The van der Waals surface area contributed by atoms with Crippen LogP contribution in [0.25, 0.3) is 0 Å². The third kappa shape index (κ3) is 2.41. The lowest BCUT2D eigenvalue weighted by Crippen LogP contribution is -2.42. The molecule has 1 N–H and O–H groups in total. The predicted molar refractivity (Wildman–Crippen MR) is 68.4 cm³/mol. The first-order chi connectivity index (χ1) is 8.33. The van der Waals surface area contributed by atoms with Crippen molar-refractivity contribution < 1.29 is 9.47 Å². The highest BCUT2D eigenvalue weighted by molar-refractivity contribution is 9.10. The van der Waals surface area contributed by atoms with Crippen molar-refractivity contribution in [3.8, 4) is 11.5 Å². The van der Waals surface area contributed by atoms with Gasteiger partial charge in [-0.2, -0.15) is 0 Å². The van der Waals surface area contributed by atoms with Crippen LogP contribution in [0, 0.1) is 0 Å². The van der Waals surface area contributed by atoms with Crippen LogP contribution in [-0.4, -0.2) is 37.9 Å². The fraction of sp³-hybridized carbons (Fsp3) is 0.500. The van der Waals surface area contributed by atoms with Crippen molar-refractivity contribution in [2.75, 3.05) is 33.0 Å². The Labute approximate surface area is 109 Å². The summed E-state index contributed by atoms with van der Waals surface area (Å²) in [6.45, 7) is 5.63. The van der Waals surface area contributed by atoms with Crippen LogP contribution in [0.3, 0.4) is 0 Å². The zero-order valence-corrected chi connectivity index (χ0v) is 11.1. The molecule has 2 heterocycles. The number of rotatable bonds is 2. The second-order valence-corrected chi connectivity index (χ2v) is 5.18. The number of nitrogens with zero attached hydrogens (tertiary/aromatic N) is 1. The Morgan fingerprint density at radius 2 is 1.88 bits per heavy atom. The number of hydrogen-bond acceptors (Lipinski definition) is 4. The number of ether oxygens (including phenoxy) is 2. The zero-order valence-electron chi connectivity index (χ0n) is 9.54. The molecule has 0 amide bonds. The zero-order chi connectivity index (χ0) is 11.7. The average Bonchev–Trinajstić information content (AvgIpc) is 2.78. The maximum absolute atomic E-state index is 5.41. The molecule has 2 aliphatic rings. The van der Waals surface area contributed by atoms with Gasteiger partial charge < -0.3 is 14.8 Å². The molecule has 0 bridgehead atoms. The molecule has 0 spiro atoms. The molecule has 0 atom stereocenters. The third-order valence-corrected chi connectivity index (χ3v) is 3.88. The topological polar surface area (TPSA) is 33.7 Å². The normalized spacial score (nSPS) is 19.6. The quantitative estimate of drug-likeness (QED) is 0.899. The van der Waals surface area contributed by atoms with Crippen molar-refractivity contribution in [1.29, 1.82) is 0 Å². The minimum Gasteiger partial charge on any atom is -0.454 e. The van der Waals surface area contributed by atoms with E-state index in [2.05, 4.69) is 32.2 Å². The Morgan fingerprint density at radius 1 is 1.18 bits per heavy atom. The van der Waals surface area contributed by atoms with E-state index in [0.29, 0.717) is 6.79 Å². The summed E-state index contributed by atoms with van der Waals surface area (Å²) in [5, 5.41) is 3.36. The van der Waals surface area contributed by atoms with Crippen LogP contribution in [0.4, 0.5) is 0 Å². The SMILES string of the molecule is Brc1cc2c(cc1CN1CCNCC1)OCO2. The molecule has 0 saturated carbocycles. The van der Waals surface area contributed by atoms with E-state index in [-0.39, 0.29) is 0 Å². The molecule has 1 aromatic rings. The van der Waals surface area contributed by atoms with E-state index >= 15 is 0 Å². The Morgan fingerprint density at radius 3 is 2.65 bits per heavy atom. The fourth-order valence-electron chi connectivity index (χ4n) is 2.19. The molecule has 0 aliphatic carbocycles. The van der Waals surface area contributed by atoms with Gasteiger partial charge in [-0.3, -0.25) is 4.90 Å². The predicted octanol–water partition coefficient (Wildman–Crippen LogP) is 1.58. The molecule has 1 saturated heterocycles. The first-order valence-corrected chi connectivity index (χ1v) is 6.63. The molecule has 92 valence electrons. The highest BCUT2D eigenvalue weighted by atomic mass is 79.9. The Hall–Kier alpha value is -0.780. The molecular formula is C12H15BrN2O2. The van der Waals surface area contributed by atoms with Gasteiger partial charge in [0.1, 0.15) is 0 Å². The lowest BCUT2D eigenvalue weighted by Gasteiger charge is -2.27. The number of hydrogen-bond donors (Lipinski definition) is 1. The summed E-state index contributed by atoms with van der Waals surface area (Å²) in [6.07, 6.45) is 0. The molecule has 0 unspecified atom stereocenters. The molecular weight excluding hydrogens is 284 g/mol. The van der Waals surface area contributed by atoms with E-state index in [0.717, 1.165) is 48.7 Å². The summed E-state index contributed by atoms with van der Waals surface area (Å²) in [4.78, 5) is 2.44. The second-order valence-electron chi connectivity index (χ2n) is 4.32. The number of fused-ring (bicyclic) bond motifs is 1. The van der Waals surface area contributed by atoms with Gasteiger partial charge in [-0.25, -0.2) is 0 Å². The van der Waals surface area contributed by atoms with E-state index in [1.165, 1.54) is 5.56 Å². The molecule has 1 aromatic carbocycles. The standard InChI is InChI=1S/C12H15BrN2O2/c13-10-6-12-11(16-8-17-12)5-9(10)7-15-3-1-14-2-4-15/h5-6,14H,1-4,7-8H2. The summed E-state index contributed by atoms with van der Waals surface area (Å²) in [5.41, 5.74) is 1.26. The monoisotopic (exact) mass is 298 g/mol. The third-order valence-electron chi connectivity index (χ3n) is 3.15. The van der Waals surface area contributed by atoms with Crippen LogP contribution in [0.5, 0.6) is 11.5 Å². The highest BCUT2D eigenvalue weighted by Crippen LogP contribution is 2.37. The van der Waals surface area contributed by atoms with Crippen LogP contribution < -0.4 is 14.8 Å². The van der Waals surface area contributed by atoms with Gasteiger partial charge in [-0.05, 0) is 17.7 Å². The van der Waals surface area contributed by atoms with E-state index in [1.807, 2.05) is 6.07 Å². The Bertz CT molecular complexity index is 419. The summed E-state index contributed by atoms with van der Waals surface area (Å²) in [6, 6.07) is 4.08. The lowest BCUT2D eigenvalue weighted by molar-refractivity contribution is 0.174. The summed E-state index contributed by atoms with van der Waals surface area (Å²) < 4.78 is 11.9. The van der Waals surface area contributed by atoms with Crippen LogP contribution in [0.2, 0.25) is 0 Å². The number of nitrogens with one attached hydrogen (secondary N) is 1. The Kier molecular flexibility index (Phi) is 3.22. The van der Waals surface area contributed by atoms with Crippen LogP contribution >= 0.6 is 15.9 Å². The Balaban J connectivity index is 1.78. The first-order valence-electron chi connectivity index (χ1n) is 5.84. The minimum atomic E-state index is 0.332. The van der Waals surface area contributed by atoms with Gasteiger partial charge >= 0.3 is 0 Å². The van der Waals surface area contributed by atoms with Gasteiger partial charge in [0.2, 0.25) is 6.79 Å². The van der Waals surface area contributed by atoms with Gasteiger partial charge in [0, 0.05) is 37.2 Å². The average molecular weight is 299 g/mol. The van der Waals surface area contributed by atoms with Crippen molar-refractivity contribution in [1.82, 2.24) is 10.2 Å². The molecule has 0 radical (unpaired) electrons. The second kappa shape index (κ2) is 4.84. The molecule has 0 aromatic heterocycles. The molecule has 4 nitrogen and oxygen atoms in total. The molecule has 1 fully saturated rings. The van der Waals surface area contributed by atoms with Crippen molar-refractivity contribution in [2.24, 2.45) is 0 Å². The smallest absolute Gasteiger partial charge is 0.231 e. The van der Waals surface area contributed by atoms with Crippen LogP contribution in [-0.2, 0) is 6.54 Å². The van der Waals surface area contributed by atoms with Gasteiger partial charge in [0.25, 0.3) is 0 Å². The molecule has 17 heavy (non-hydrogen) atoms. The lowest BCUT2D eigenvalue weighted by atomic mass is 10.2. The fourth-order valence-corrected chi connectivity index (χ4v) is 2.64. The number of piperazine rings is 1. The number of halogens is 1. The van der Waals surface area contributed by atoms with Crippen LogP contribution in [0.1, 0.15) is 5.56 Å². The van der Waals surface area contributed by atoms with E-state index in [9.17, 15) is 0 Å². The molecule has 3 rings (SSSR count). The minimum absolute atomic E-state index is 0.332. The maximum Gasteiger partial charge on any atom is 0.231 e. The van der Waals surface area contributed by atoms with Crippen LogP contribution in [0.15, 0.2) is 16.6 Å². The van der Waals surface area contributed by atoms with E-state index in [1.54, 1.807) is 0 Å². The van der Waals surface area contributed by atoms with Crippen molar-refractivity contribution in [2.45, 2.75) is 6.54 Å².